The topological polar surface area (TPSA) is 76.2 Å². The number of hydrogen-bond donors (Lipinski definition) is 0. The molecule has 1 aliphatic carbocycles. The summed E-state index contributed by atoms with van der Waals surface area (Å²) in [5, 5.41) is 0. The first-order chi connectivity index (χ1) is 16.3. The average Bonchev–Trinajstić information content (AvgIpc) is 3.42. The number of amides is 3. The Hall–Kier alpha value is -2.41. The van der Waals surface area contributed by atoms with Crippen LogP contribution in [-0.4, -0.2) is 67.0 Å². The van der Waals surface area contributed by atoms with Gasteiger partial charge in [-0.15, -0.1) is 0 Å². The fourth-order valence-electron chi connectivity index (χ4n) is 5.08. The standard InChI is InChI=1S/C27H38N2O5/c1-19(2)12-13-29-25(31)16-27(26(29)32,21-8-10-22(33-3)11-9-21)15-24(30)28(17-20-6-7-20)18-23-5-4-14-34-23/h8-11,19-20,23H,4-7,12-18H2,1-3H3/t23-,27+/m1/s1. The Bertz CT molecular complexity index is 889. The van der Waals surface area contributed by atoms with Crippen LogP contribution in [0.2, 0.25) is 0 Å². The van der Waals surface area contributed by atoms with Gasteiger partial charge in [0.25, 0.3) is 0 Å². The summed E-state index contributed by atoms with van der Waals surface area (Å²) >= 11 is 0. The molecule has 0 unspecified atom stereocenters. The molecule has 0 bridgehead atoms. The van der Waals surface area contributed by atoms with Crippen LogP contribution in [0.25, 0.3) is 0 Å². The number of benzene rings is 1. The lowest BCUT2D eigenvalue weighted by Gasteiger charge is -2.32. The van der Waals surface area contributed by atoms with Crippen LogP contribution in [-0.2, 0) is 24.5 Å². The first-order valence-electron chi connectivity index (χ1n) is 12.7. The Kier molecular flexibility index (Phi) is 7.60. The van der Waals surface area contributed by atoms with Gasteiger partial charge in [-0.1, -0.05) is 26.0 Å². The summed E-state index contributed by atoms with van der Waals surface area (Å²) in [6.07, 6.45) is 5.08. The van der Waals surface area contributed by atoms with Gasteiger partial charge in [-0.3, -0.25) is 19.3 Å². The number of hydrogen-bond acceptors (Lipinski definition) is 5. The summed E-state index contributed by atoms with van der Waals surface area (Å²) in [6.45, 7) is 6.55. The predicted molar refractivity (Wildman–Crippen MR) is 128 cm³/mol. The molecule has 0 spiro atoms. The van der Waals surface area contributed by atoms with E-state index < -0.39 is 5.41 Å². The largest absolute Gasteiger partial charge is 0.497 e. The molecule has 1 aromatic rings. The van der Waals surface area contributed by atoms with Crippen molar-refractivity contribution in [1.82, 2.24) is 9.80 Å². The van der Waals surface area contributed by atoms with Crippen LogP contribution < -0.4 is 4.74 Å². The zero-order chi connectivity index (χ0) is 24.3. The third-order valence-corrected chi connectivity index (χ3v) is 7.41. The minimum absolute atomic E-state index is 0.00151. The molecule has 3 aliphatic rings. The summed E-state index contributed by atoms with van der Waals surface area (Å²) in [5.41, 5.74) is -0.467. The third kappa shape index (κ3) is 5.45. The van der Waals surface area contributed by atoms with Gasteiger partial charge in [0, 0.05) is 39.1 Å². The summed E-state index contributed by atoms with van der Waals surface area (Å²) in [7, 11) is 1.59. The van der Waals surface area contributed by atoms with Crippen molar-refractivity contribution in [3.05, 3.63) is 29.8 Å². The van der Waals surface area contributed by atoms with Gasteiger partial charge in [-0.25, -0.2) is 0 Å². The molecule has 0 aromatic heterocycles. The van der Waals surface area contributed by atoms with E-state index in [9.17, 15) is 14.4 Å². The fourth-order valence-corrected chi connectivity index (χ4v) is 5.08. The first-order valence-corrected chi connectivity index (χ1v) is 12.7. The Morgan fingerprint density at radius 3 is 2.50 bits per heavy atom. The lowest BCUT2D eigenvalue weighted by Crippen LogP contribution is -2.46. The van der Waals surface area contributed by atoms with Gasteiger partial charge in [0.15, 0.2) is 0 Å². The van der Waals surface area contributed by atoms with Crippen molar-refractivity contribution in [3.8, 4) is 5.75 Å². The van der Waals surface area contributed by atoms with Gasteiger partial charge in [0.05, 0.1) is 18.6 Å². The molecule has 186 valence electrons. The fraction of sp³-hybridized carbons (Fsp3) is 0.667. The molecule has 2 atom stereocenters. The maximum atomic E-state index is 13.8. The third-order valence-electron chi connectivity index (χ3n) is 7.41. The van der Waals surface area contributed by atoms with Crippen LogP contribution in [0.1, 0.15) is 64.4 Å². The molecule has 3 fully saturated rings. The molecule has 7 heteroatoms. The zero-order valence-electron chi connectivity index (χ0n) is 20.8. The van der Waals surface area contributed by atoms with Gasteiger partial charge >= 0.3 is 0 Å². The molecule has 0 radical (unpaired) electrons. The molecule has 2 aliphatic heterocycles. The Balaban J connectivity index is 1.61. The molecule has 2 heterocycles. The van der Waals surface area contributed by atoms with Gasteiger partial charge in [-0.05, 0) is 61.6 Å². The lowest BCUT2D eigenvalue weighted by atomic mass is 9.75. The monoisotopic (exact) mass is 470 g/mol. The van der Waals surface area contributed by atoms with E-state index >= 15 is 0 Å². The highest BCUT2D eigenvalue weighted by atomic mass is 16.5. The van der Waals surface area contributed by atoms with E-state index in [1.807, 2.05) is 17.0 Å². The molecule has 34 heavy (non-hydrogen) atoms. The second-order valence-corrected chi connectivity index (χ2v) is 10.6. The van der Waals surface area contributed by atoms with E-state index in [0.29, 0.717) is 42.8 Å². The molecule has 7 nitrogen and oxygen atoms in total. The van der Waals surface area contributed by atoms with Crippen molar-refractivity contribution < 1.29 is 23.9 Å². The summed E-state index contributed by atoms with van der Waals surface area (Å²) in [4.78, 5) is 43.9. The van der Waals surface area contributed by atoms with Crippen molar-refractivity contribution in [1.29, 1.82) is 0 Å². The number of ether oxygens (including phenoxy) is 2. The maximum absolute atomic E-state index is 13.8. The number of carbonyl (C=O) groups is 3. The molecule has 0 N–H and O–H groups in total. The molecule has 3 amide bonds. The number of methoxy groups -OCH3 is 1. The van der Waals surface area contributed by atoms with Gasteiger partial charge in [-0.2, -0.15) is 0 Å². The summed E-state index contributed by atoms with van der Waals surface area (Å²) in [6, 6.07) is 7.25. The van der Waals surface area contributed by atoms with Crippen molar-refractivity contribution in [2.75, 3.05) is 33.4 Å². The number of imide groups is 1. The average molecular weight is 471 g/mol. The maximum Gasteiger partial charge on any atom is 0.240 e. The molecule has 1 aromatic carbocycles. The summed E-state index contributed by atoms with van der Waals surface area (Å²) < 4.78 is 11.1. The Labute approximate surface area is 202 Å². The molecule has 2 saturated heterocycles. The normalized spacial score (nSPS) is 24.8. The molecular formula is C27H38N2O5. The van der Waals surface area contributed by atoms with Crippen LogP contribution >= 0.6 is 0 Å². The second kappa shape index (κ2) is 10.5. The van der Waals surface area contributed by atoms with Crippen LogP contribution in [0.4, 0.5) is 0 Å². The van der Waals surface area contributed by atoms with Crippen LogP contribution in [0.3, 0.4) is 0 Å². The minimum atomic E-state index is -1.17. The van der Waals surface area contributed by atoms with Crippen LogP contribution in [0, 0.1) is 11.8 Å². The summed E-state index contributed by atoms with van der Waals surface area (Å²) in [5.74, 6) is 1.07. The van der Waals surface area contributed by atoms with Gasteiger partial charge in [0.1, 0.15) is 5.75 Å². The van der Waals surface area contributed by atoms with Gasteiger partial charge < -0.3 is 14.4 Å². The van der Waals surface area contributed by atoms with Crippen LogP contribution in [0.15, 0.2) is 24.3 Å². The van der Waals surface area contributed by atoms with Crippen molar-refractivity contribution >= 4 is 17.7 Å². The Morgan fingerprint density at radius 2 is 1.91 bits per heavy atom. The highest BCUT2D eigenvalue weighted by molar-refractivity contribution is 6.10. The first kappa shape index (κ1) is 24.7. The minimum Gasteiger partial charge on any atom is -0.497 e. The SMILES string of the molecule is COc1ccc([C@]2(CC(=O)N(CC3CC3)C[C@H]3CCCO3)CC(=O)N(CCC(C)C)C2=O)cc1. The lowest BCUT2D eigenvalue weighted by molar-refractivity contribution is -0.143. The number of carbonyl (C=O) groups excluding carboxylic acids is 3. The Morgan fingerprint density at radius 1 is 1.18 bits per heavy atom. The smallest absolute Gasteiger partial charge is 0.240 e. The quantitative estimate of drug-likeness (QED) is 0.463. The second-order valence-electron chi connectivity index (χ2n) is 10.6. The van der Waals surface area contributed by atoms with E-state index in [2.05, 4.69) is 13.8 Å². The zero-order valence-corrected chi connectivity index (χ0v) is 20.8. The van der Waals surface area contributed by atoms with Crippen molar-refractivity contribution in [2.24, 2.45) is 11.8 Å². The van der Waals surface area contributed by atoms with Crippen molar-refractivity contribution in [2.45, 2.75) is 70.3 Å². The molecule has 4 rings (SSSR count). The van der Waals surface area contributed by atoms with Gasteiger partial charge in [0.2, 0.25) is 17.7 Å². The van der Waals surface area contributed by atoms with Crippen molar-refractivity contribution in [3.63, 3.8) is 0 Å². The van der Waals surface area contributed by atoms with E-state index in [0.717, 1.165) is 38.7 Å². The van der Waals surface area contributed by atoms with E-state index in [1.165, 1.54) is 4.90 Å². The van der Waals surface area contributed by atoms with E-state index in [-0.39, 0.29) is 36.7 Å². The predicted octanol–water partition coefficient (Wildman–Crippen LogP) is 3.55. The highest BCUT2D eigenvalue weighted by Crippen LogP contribution is 2.41. The van der Waals surface area contributed by atoms with E-state index in [1.54, 1.807) is 19.2 Å². The highest BCUT2D eigenvalue weighted by Gasteiger charge is 2.54. The molecular weight excluding hydrogens is 432 g/mol. The van der Waals surface area contributed by atoms with Crippen LogP contribution in [0.5, 0.6) is 5.75 Å². The number of likely N-dealkylation sites (tertiary alicyclic amines) is 1. The van der Waals surface area contributed by atoms with E-state index in [4.69, 9.17) is 9.47 Å². The molecule has 1 saturated carbocycles. The number of rotatable bonds is 11. The number of nitrogens with zero attached hydrogens (tertiary/aromatic N) is 2.